The summed E-state index contributed by atoms with van der Waals surface area (Å²) in [6.45, 7) is 12.3. The standard InChI is InChI=1S/C30H39ClN2O5S/c1-5-16-32(24-20(3)12-11-13-21(24)31)27(36)25-30-15-14-29(4,39-30)23(28(37)38-19-6-2)22(30)26(35)33(25)17-9-7-8-10-18-34/h5-6,11-13,22-23,25,34H,1-2,7-10,14-19H2,3-4H3/t22-,23+,25?,29-,30?/m0/s1. The Labute approximate surface area is 240 Å². The summed E-state index contributed by atoms with van der Waals surface area (Å²) in [5.41, 5.74) is 1.47. The Morgan fingerprint density at radius 3 is 2.64 bits per heavy atom. The fraction of sp³-hybridized carbons (Fsp3) is 0.567. The molecule has 0 radical (unpaired) electrons. The zero-order valence-electron chi connectivity index (χ0n) is 22.9. The molecule has 1 spiro atoms. The van der Waals surface area contributed by atoms with E-state index < -0.39 is 33.3 Å². The Hall–Kier alpha value is -2.29. The molecule has 39 heavy (non-hydrogen) atoms. The van der Waals surface area contributed by atoms with Crippen molar-refractivity contribution >= 4 is 46.8 Å². The second-order valence-corrected chi connectivity index (χ2v) is 13.3. The highest BCUT2D eigenvalue weighted by atomic mass is 35.5. The van der Waals surface area contributed by atoms with Crippen LogP contribution in [-0.2, 0) is 19.1 Å². The molecule has 1 aromatic rings. The van der Waals surface area contributed by atoms with Gasteiger partial charge in [-0.25, -0.2) is 0 Å². The highest BCUT2D eigenvalue weighted by molar-refractivity contribution is 8.02. The fourth-order valence-corrected chi connectivity index (χ4v) is 9.48. The van der Waals surface area contributed by atoms with Crippen LogP contribution in [0, 0.1) is 18.8 Å². The summed E-state index contributed by atoms with van der Waals surface area (Å²) in [5, 5.41) is 9.62. The number of ether oxygens (including phenoxy) is 1. The minimum atomic E-state index is -0.743. The van der Waals surface area contributed by atoms with E-state index in [4.69, 9.17) is 21.4 Å². The third kappa shape index (κ3) is 5.16. The summed E-state index contributed by atoms with van der Waals surface area (Å²) >= 11 is 8.25. The van der Waals surface area contributed by atoms with E-state index in [1.807, 2.05) is 26.0 Å². The molecule has 0 saturated carbocycles. The van der Waals surface area contributed by atoms with Crippen molar-refractivity contribution in [3.63, 3.8) is 0 Å². The maximum atomic E-state index is 14.7. The van der Waals surface area contributed by atoms with Gasteiger partial charge in [0.2, 0.25) is 5.91 Å². The first-order valence-electron chi connectivity index (χ1n) is 13.7. The van der Waals surface area contributed by atoms with Crippen LogP contribution in [0.5, 0.6) is 0 Å². The number of aliphatic hydroxyl groups excluding tert-OH is 1. The molecular formula is C30H39ClN2O5S. The number of unbranched alkanes of at least 4 members (excludes halogenated alkanes) is 3. The molecule has 3 aliphatic heterocycles. The van der Waals surface area contributed by atoms with E-state index in [1.54, 1.807) is 33.7 Å². The van der Waals surface area contributed by atoms with Crippen molar-refractivity contribution in [2.45, 2.75) is 67.9 Å². The van der Waals surface area contributed by atoms with Crippen molar-refractivity contribution in [3.05, 3.63) is 54.1 Å². The lowest BCUT2D eigenvalue weighted by Crippen LogP contribution is -2.55. The number of esters is 1. The zero-order chi connectivity index (χ0) is 28.4. The molecule has 1 N–H and O–H groups in total. The van der Waals surface area contributed by atoms with Gasteiger partial charge in [-0.2, -0.15) is 0 Å². The van der Waals surface area contributed by atoms with Gasteiger partial charge < -0.3 is 19.6 Å². The van der Waals surface area contributed by atoms with Crippen molar-refractivity contribution in [1.82, 2.24) is 4.90 Å². The van der Waals surface area contributed by atoms with Crippen LogP contribution in [-0.4, -0.2) is 69.6 Å². The van der Waals surface area contributed by atoms with E-state index in [9.17, 15) is 14.4 Å². The Bertz CT molecular complexity index is 1120. The molecule has 3 fully saturated rings. The van der Waals surface area contributed by atoms with Crippen molar-refractivity contribution in [2.24, 2.45) is 11.8 Å². The van der Waals surface area contributed by atoms with Gasteiger partial charge in [0, 0.05) is 24.4 Å². The number of anilines is 1. The van der Waals surface area contributed by atoms with Crippen LogP contribution < -0.4 is 4.90 Å². The van der Waals surface area contributed by atoms with Gasteiger partial charge >= 0.3 is 5.97 Å². The Morgan fingerprint density at radius 2 is 1.97 bits per heavy atom. The predicted molar refractivity (Wildman–Crippen MR) is 156 cm³/mol. The number of para-hydroxylation sites is 1. The molecule has 0 aromatic heterocycles. The maximum Gasteiger partial charge on any atom is 0.311 e. The average Bonchev–Trinajstić information content (AvgIpc) is 3.47. The molecule has 2 bridgehead atoms. The largest absolute Gasteiger partial charge is 0.461 e. The molecule has 7 nitrogen and oxygen atoms in total. The topological polar surface area (TPSA) is 87.1 Å². The molecule has 3 heterocycles. The second kappa shape index (κ2) is 12.1. The monoisotopic (exact) mass is 574 g/mol. The van der Waals surface area contributed by atoms with Crippen molar-refractivity contribution in [1.29, 1.82) is 0 Å². The number of amides is 2. The number of carbonyl (C=O) groups excluding carboxylic acids is 3. The molecule has 5 atom stereocenters. The molecule has 212 valence electrons. The molecule has 4 rings (SSSR count). The SMILES string of the molecule is C=CCOC(=O)[C@H]1[C@H]2C(=O)N(CCCCCCO)C(C(=O)N(CC=C)c3c(C)cccc3Cl)C23CC[C@]1(C)S3. The van der Waals surface area contributed by atoms with Crippen LogP contribution in [0.4, 0.5) is 5.69 Å². The summed E-state index contributed by atoms with van der Waals surface area (Å²) in [5.74, 6) is -2.02. The summed E-state index contributed by atoms with van der Waals surface area (Å²) in [4.78, 5) is 45.6. The van der Waals surface area contributed by atoms with E-state index in [2.05, 4.69) is 13.2 Å². The van der Waals surface area contributed by atoms with E-state index in [-0.39, 0.29) is 31.6 Å². The third-order valence-electron chi connectivity index (χ3n) is 8.45. The average molecular weight is 575 g/mol. The summed E-state index contributed by atoms with van der Waals surface area (Å²) in [6, 6.07) is 4.77. The number of rotatable bonds is 13. The summed E-state index contributed by atoms with van der Waals surface area (Å²) in [7, 11) is 0. The molecular weight excluding hydrogens is 536 g/mol. The number of thioether (sulfide) groups is 1. The van der Waals surface area contributed by atoms with Gasteiger partial charge in [0.1, 0.15) is 12.6 Å². The Morgan fingerprint density at radius 1 is 1.23 bits per heavy atom. The molecule has 3 saturated heterocycles. The van der Waals surface area contributed by atoms with Gasteiger partial charge in [-0.1, -0.05) is 55.3 Å². The minimum Gasteiger partial charge on any atom is -0.461 e. The first-order chi connectivity index (χ1) is 18.7. The van der Waals surface area contributed by atoms with Gasteiger partial charge in [0.25, 0.3) is 5.91 Å². The predicted octanol–water partition coefficient (Wildman–Crippen LogP) is 4.93. The highest BCUT2D eigenvalue weighted by Gasteiger charge is 2.77. The van der Waals surface area contributed by atoms with Gasteiger partial charge in [0.15, 0.2) is 0 Å². The summed E-state index contributed by atoms with van der Waals surface area (Å²) < 4.78 is 4.27. The van der Waals surface area contributed by atoms with Gasteiger partial charge in [-0.15, -0.1) is 18.3 Å². The minimum absolute atomic E-state index is 0.0832. The number of carbonyl (C=O) groups is 3. The van der Waals surface area contributed by atoms with Crippen LogP contribution in [0.15, 0.2) is 43.5 Å². The molecule has 0 aliphatic carbocycles. The van der Waals surface area contributed by atoms with Gasteiger partial charge in [-0.05, 0) is 51.2 Å². The number of fused-ring (bicyclic) bond motifs is 1. The number of halogens is 1. The van der Waals surface area contributed by atoms with Gasteiger partial charge in [0.05, 0.1) is 27.3 Å². The van der Waals surface area contributed by atoms with Crippen molar-refractivity contribution in [3.8, 4) is 0 Å². The third-order valence-corrected chi connectivity index (χ3v) is 10.7. The van der Waals surface area contributed by atoms with Crippen molar-refractivity contribution < 1.29 is 24.2 Å². The number of benzene rings is 1. The Kier molecular flexibility index (Phi) is 9.19. The van der Waals surface area contributed by atoms with E-state index in [0.29, 0.717) is 36.5 Å². The second-order valence-electron chi connectivity index (χ2n) is 11.0. The van der Waals surface area contributed by atoms with Crippen LogP contribution >= 0.6 is 23.4 Å². The summed E-state index contributed by atoms with van der Waals surface area (Å²) in [6.07, 6.45) is 7.66. The fourth-order valence-electron chi connectivity index (χ4n) is 6.81. The highest BCUT2D eigenvalue weighted by Crippen LogP contribution is 2.71. The number of hydrogen-bond donors (Lipinski definition) is 1. The van der Waals surface area contributed by atoms with E-state index >= 15 is 0 Å². The van der Waals surface area contributed by atoms with E-state index in [1.165, 1.54) is 6.08 Å². The van der Waals surface area contributed by atoms with Crippen LogP contribution in [0.1, 0.15) is 51.0 Å². The smallest absolute Gasteiger partial charge is 0.311 e. The van der Waals surface area contributed by atoms with Crippen LogP contribution in [0.3, 0.4) is 0 Å². The quantitative estimate of drug-likeness (QED) is 0.204. The Balaban J connectivity index is 1.76. The number of aryl methyl sites for hydroxylation is 1. The maximum absolute atomic E-state index is 14.7. The molecule has 3 aliphatic rings. The first-order valence-corrected chi connectivity index (χ1v) is 14.9. The lowest BCUT2D eigenvalue weighted by molar-refractivity contribution is -0.154. The lowest BCUT2D eigenvalue weighted by atomic mass is 9.66. The molecule has 2 amide bonds. The molecule has 1 aromatic carbocycles. The van der Waals surface area contributed by atoms with Gasteiger partial charge in [-0.3, -0.25) is 14.4 Å². The zero-order valence-corrected chi connectivity index (χ0v) is 24.4. The number of aliphatic hydroxyl groups is 1. The van der Waals surface area contributed by atoms with E-state index in [0.717, 1.165) is 24.8 Å². The molecule has 9 heteroatoms. The lowest BCUT2D eigenvalue weighted by Gasteiger charge is -2.37. The normalized spacial score (nSPS) is 28.9. The molecule has 2 unspecified atom stereocenters. The number of likely N-dealkylation sites (tertiary alicyclic amines) is 1. The first kappa shape index (κ1) is 29.7. The van der Waals surface area contributed by atoms with Crippen LogP contribution in [0.2, 0.25) is 5.02 Å². The van der Waals surface area contributed by atoms with Crippen LogP contribution in [0.25, 0.3) is 0 Å². The van der Waals surface area contributed by atoms with Crippen molar-refractivity contribution in [2.75, 3.05) is 31.2 Å². The number of nitrogens with zero attached hydrogens (tertiary/aromatic N) is 2. The number of hydrogen-bond acceptors (Lipinski definition) is 6.